The average Bonchev–Trinajstić information content (AvgIpc) is 1.99. The third-order valence-corrected chi connectivity index (χ3v) is 2.77. The van der Waals surface area contributed by atoms with E-state index in [0.29, 0.717) is 6.04 Å². The van der Waals surface area contributed by atoms with E-state index in [1.54, 1.807) is 0 Å². The van der Waals surface area contributed by atoms with Crippen LogP contribution in [-0.4, -0.2) is 37.9 Å². The number of hydrogen-bond donors (Lipinski definition) is 2. The van der Waals surface area contributed by atoms with Crippen molar-refractivity contribution in [1.82, 2.24) is 10.6 Å². The zero-order valence-corrected chi connectivity index (χ0v) is 7.73. The number of rotatable bonds is 2. The molecule has 12 heavy (non-hydrogen) atoms. The van der Waals surface area contributed by atoms with Gasteiger partial charge in [0.1, 0.15) is 0 Å². The summed E-state index contributed by atoms with van der Waals surface area (Å²) < 4.78 is 5.47. The minimum Gasteiger partial charge on any atom is -0.380 e. The molecule has 0 radical (unpaired) electrons. The van der Waals surface area contributed by atoms with Crippen LogP contribution in [0.4, 0.5) is 0 Å². The van der Waals surface area contributed by atoms with Gasteiger partial charge in [-0.25, -0.2) is 0 Å². The molecule has 2 aliphatic rings. The zero-order valence-electron chi connectivity index (χ0n) is 7.73. The van der Waals surface area contributed by atoms with Crippen LogP contribution < -0.4 is 10.6 Å². The van der Waals surface area contributed by atoms with Gasteiger partial charge in [-0.2, -0.15) is 0 Å². The molecule has 70 valence electrons. The summed E-state index contributed by atoms with van der Waals surface area (Å²) in [6.07, 6.45) is 2.45. The lowest BCUT2D eigenvalue weighted by Gasteiger charge is -2.41. The predicted octanol–water partition coefficient (Wildman–Crippen LogP) is 0.117. The largest absolute Gasteiger partial charge is 0.380 e. The number of ether oxygens (including phenoxy) is 1. The molecule has 0 aliphatic carbocycles. The van der Waals surface area contributed by atoms with Crippen molar-refractivity contribution in [3.05, 3.63) is 0 Å². The van der Waals surface area contributed by atoms with Gasteiger partial charge in [0, 0.05) is 31.3 Å². The summed E-state index contributed by atoms with van der Waals surface area (Å²) in [5, 5.41) is 6.91. The van der Waals surface area contributed by atoms with Crippen LogP contribution >= 0.6 is 0 Å². The lowest BCUT2D eigenvalue weighted by molar-refractivity contribution is 0.0197. The highest BCUT2D eigenvalue weighted by molar-refractivity contribution is 4.93. The Morgan fingerprint density at radius 2 is 2.33 bits per heavy atom. The molecule has 2 N–H and O–H groups in total. The van der Waals surface area contributed by atoms with Gasteiger partial charge in [0.25, 0.3) is 0 Å². The van der Waals surface area contributed by atoms with E-state index in [1.165, 1.54) is 12.8 Å². The molecule has 1 atom stereocenters. The van der Waals surface area contributed by atoms with Crippen LogP contribution in [0, 0.1) is 0 Å². The van der Waals surface area contributed by atoms with E-state index in [2.05, 4.69) is 17.6 Å². The summed E-state index contributed by atoms with van der Waals surface area (Å²) >= 11 is 0. The van der Waals surface area contributed by atoms with Crippen LogP contribution in [0.2, 0.25) is 0 Å². The molecule has 2 saturated heterocycles. The van der Waals surface area contributed by atoms with Crippen LogP contribution in [0.1, 0.15) is 19.8 Å². The van der Waals surface area contributed by atoms with Crippen molar-refractivity contribution in [3.8, 4) is 0 Å². The zero-order chi connectivity index (χ0) is 8.44. The van der Waals surface area contributed by atoms with E-state index >= 15 is 0 Å². The molecule has 0 aromatic rings. The fourth-order valence-electron chi connectivity index (χ4n) is 1.93. The molecule has 3 nitrogen and oxygen atoms in total. The molecule has 0 amide bonds. The summed E-state index contributed by atoms with van der Waals surface area (Å²) in [6, 6.07) is 0.677. The monoisotopic (exact) mass is 170 g/mol. The quantitative estimate of drug-likeness (QED) is 0.617. The molecule has 0 bridgehead atoms. The number of nitrogens with one attached hydrogen (secondary N) is 2. The standard InChI is InChI=1S/C9H18N2O/c1-9(3-2-4-12-7-9)11-8-5-10-6-8/h8,10-11H,2-7H2,1H3. The van der Waals surface area contributed by atoms with Gasteiger partial charge in [0.15, 0.2) is 0 Å². The molecule has 2 fully saturated rings. The van der Waals surface area contributed by atoms with Gasteiger partial charge in [-0.3, -0.25) is 0 Å². The molecule has 2 aliphatic heterocycles. The fourth-order valence-corrected chi connectivity index (χ4v) is 1.93. The van der Waals surface area contributed by atoms with E-state index in [1.807, 2.05) is 0 Å². The molecular formula is C9H18N2O. The highest BCUT2D eigenvalue weighted by atomic mass is 16.5. The second-order valence-corrected chi connectivity index (χ2v) is 4.22. The third-order valence-electron chi connectivity index (χ3n) is 2.77. The van der Waals surface area contributed by atoms with Gasteiger partial charge in [-0.05, 0) is 19.8 Å². The first kappa shape index (κ1) is 8.48. The van der Waals surface area contributed by atoms with Crippen molar-refractivity contribution in [2.24, 2.45) is 0 Å². The van der Waals surface area contributed by atoms with E-state index in [9.17, 15) is 0 Å². The third kappa shape index (κ3) is 1.79. The molecular weight excluding hydrogens is 152 g/mol. The Bertz CT molecular complexity index is 151. The second-order valence-electron chi connectivity index (χ2n) is 4.22. The Hall–Kier alpha value is -0.120. The first-order valence-electron chi connectivity index (χ1n) is 4.85. The van der Waals surface area contributed by atoms with Crippen LogP contribution in [0.15, 0.2) is 0 Å². The van der Waals surface area contributed by atoms with Gasteiger partial charge in [-0.15, -0.1) is 0 Å². The topological polar surface area (TPSA) is 33.3 Å². The van der Waals surface area contributed by atoms with Crippen LogP contribution in [0.3, 0.4) is 0 Å². The molecule has 0 saturated carbocycles. The van der Waals surface area contributed by atoms with Crippen LogP contribution in [-0.2, 0) is 4.74 Å². The predicted molar refractivity (Wildman–Crippen MR) is 48.3 cm³/mol. The Kier molecular flexibility index (Phi) is 2.35. The van der Waals surface area contributed by atoms with Crippen molar-refractivity contribution in [1.29, 1.82) is 0 Å². The molecule has 2 heterocycles. The molecule has 0 aromatic carbocycles. The highest BCUT2D eigenvalue weighted by Crippen LogP contribution is 2.19. The SMILES string of the molecule is CC1(NC2CNC2)CCCOC1. The van der Waals surface area contributed by atoms with Crippen molar-refractivity contribution < 1.29 is 4.74 Å². The Morgan fingerprint density at radius 3 is 2.83 bits per heavy atom. The first-order chi connectivity index (χ1) is 5.79. The van der Waals surface area contributed by atoms with Gasteiger partial charge in [0.2, 0.25) is 0 Å². The summed E-state index contributed by atoms with van der Waals surface area (Å²) in [6.45, 7) is 6.33. The lowest BCUT2D eigenvalue weighted by atomic mass is 9.93. The molecule has 0 spiro atoms. The second kappa shape index (κ2) is 3.32. The highest BCUT2D eigenvalue weighted by Gasteiger charge is 2.31. The summed E-state index contributed by atoms with van der Waals surface area (Å²) in [7, 11) is 0. The Labute approximate surface area is 73.9 Å². The summed E-state index contributed by atoms with van der Waals surface area (Å²) in [5.41, 5.74) is 0.241. The van der Waals surface area contributed by atoms with E-state index < -0.39 is 0 Å². The van der Waals surface area contributed by atoms with E-state index in [4.69, 9.17) is 4.74 Å². The minimum atomic E-state index is 0.241. The van der Waals surface area contributed by atoms with E-state index in [-0.39, 0.29) is 5.54 Å². The normalized spacial score (nSPS) is 37.8. The maximum atomic E-state index is 5.47. The van der Waals surface area contributed by atoms with Crippen molar-refractivity contribution in [3.63, 3.8) is 0 Å². The Balaban J connectivity index is 1.81. The van der Waals surface area contributed by atoms with Gasteiger partial charge in [0.05, 0.1) is 6.61 Å². The molecule has 1 unspecified atom stereocenters. The lowest BCUT2D eigenvalue weighted by Crippen LogP contribution is -2.63. The van der Waals surface area contributed by atoms with Crippen LogP contribution in [0.5, 0.6) is 0 Å². The van der Waals surface area contributed by atoms with Crippen molar-refractivity contribution in [2.45, 2.75) is 31.3 Å². The van der Waals surface area contributed by atoms with Crippen molar-refractivity contribution >= 4 is 0 Å². The smallest absolute Gasteiger partial charge is 0.0645 e. The van der Waals surface area contributed by atoms with E-state index in [0.717, 1.165) is 26.3 Å². The molecule has 2 rings (SSSR count). The summed E-state index contributed by atoms with van der Waals surface area (Å²) in [5.74, 6) is 0. The summed E-state index contributed by atoms with van der Waals surface area (Å²) in [4.78, 5) is 0. The average molecular weight is 170 g/mol. The fraction of sp³-hybridized carbons (Fsp3) is 1.00. The first-order valence-corrected chi connectivity index (χ1v) is 4.85. The molecule has 0 aromatic heterocycles. The van der Waals surface area contributed by atoms with Gasteiger partial charge in [-0.1, -0.05) is 0 Å². The maximum absolute atomic E-state index is 5.47. The number of hydrogen-bond acceptors (Lipinski definition) is 3. The van der Waals surface area contributed by atoms with Crippen LogP contribution in [0.25, 0.3) is 0 Å². The van der Waals surface area contributed by atoms with Gasteiger partial charge >= 0.3 is 0 Å². The van der Waals surface area contributed by atoms with Gasteiger partial charge < -0.3 is 15.4 Å². The Morgan fingerprint density at radius 1 is 1.50 bits per heavy atom. The minimum absolute atomic E-state index is 0.241. The maximum Gasteiger partial charge on any atom is 0.0645 e. The molecule has 3 heteroatoms. The van der Waals surface area contributed by atoms with Crippen molar-refractivity contribution in [2.75, 3.05) is 26.3 Å².